The van der Waals surface area contributed by atoms with Crippen LogP contribution in [0.1, 0.15) is 25.7 Å². The van der Waals surface area contributed by atoms with Gasteiger partial charge in [0, 0.05) is 0 Å². The highest BCUT2D eigenvalue weighted by Gasteiger charge is 2.29. The lowest BCUT2D eigenvalue weighted by Crippen LogP contribution is -2.12. The molecule has 0 nitrogen and oxygen atoms in total. The molecule has 0 unspecified atom stereocenters. The third-order valence-electron chi connectivity index (χ3n) is 3.44. The van der Waals surface area contributed by atoms with Gasteiger partial charge in [0.25, 0.3) is 0 Å². The molecule has 0 spiro atoms. The van der Waals surface area contributed by atoms with Gasteiger partial charge in [-0.2, -0.15) is 23.5 Å². The Morgan fingerprint density at radius 2 is 0.786 bits per heavy atom. The molecule has 0 bridgehead atoms. The van der Waals surface area contributed by atoms with Gasteiger partial charge in [0.1, 0.15) is 0 Å². The second-order valence-corrected chi connectivity index (χ2v) is 6.59. The van der Waals surface area contributed by atoms with Crippen molar-refractivity contribution in [2.75, 3.05) is 23.0 Å². The molecule has 0 saturated carbocycles. The largest absolute Gasteiger partial charge is 0.161 e. The van der Waals surface area contributed by atoms with E-state index in [1.54, 1.807) is 22.3 Å². The summed E-state index contributed by atoms with van der Waals surface area (Å²) in [5.74, 6) is 5.46. The second kappa shape index (κ2) is 3.97. The van der Waals surface area contributed by atoms with Gasteiger partial charge in [-0.05, 0) is 71.0 Å². The first-order valence-electron chi connectivity index (χ1n) is 5.57. The molecule has 0 atom stereocenters. The highest BCUT2D eigenvalue weighted by Crippen LogP contribution is 2.47. The molecule has 0 aromatic heterocycles. The molecule has 0 radical (unpaired) electrons. The fourth-order valence-corrected chi connectivity index (χ4v) is 4.58. The smallest absolute Gasteiger partial charge is 0.00267 e. The third-order valence-corrected chi connectivity index (χ3v) is 5.41. The van der Waals surface area contributed by atoms with E-state index in [9.17, 15) is 0 Å². The summed E-state index contributed by atoms with van der Waals surface area (Å²) in [7, 11) is 0. The summed E-state index contributed by atoms with van der Waals surface area (Å²) in [6, 6.07) is 0. The van der Waals surface area contributed by atoms with Crippen LogP contribution in [0.15, 0.2) is 22.3 Å². The zero-order valence-corrected chi connectivity index (χ0v) is 10.1. The number of hydrogen-bond acceptors (Lipinski definition) is 2. The minimum Gasteiger partial charge on any atom is -0.161 e. The van der Waals surface area contributed by atoms with Gasteiger partial charge in [0.05, 0.1) is 0 Å². The van der Waals surface area contributed by atoms with E-state index >= 15 is 0 Å². The number of rotatable bonds is 0. The summed E-state index contributed by atoms with van der Waals surface area (Å²) in [4.78, 5) is 0. The molecular formula is C12H16S2. The van der Waals surface area contributed by atoms with Crippen molar-refractivity contribution < 1.29 is 0 Å². The Bertz CT molecular complexity index is 241. The van der Waals surface area contributed by atoms with Gasteiger partial charge in [-0.15, -0.1) is 0 Å². The Balaban J connectivity index is 1.84. The number of hydrogen-bond donors (Lipinski definition) is 0. The van der Waals surface area contributed by atoms with Gasteiger partial charge in [-0.25, -0.2) is 0 Å². The Morgan fingerprint density at radius 1 is 0.500 bits per heavy atom. The van der Waals surface area contributed by atoms with E-state index in [2.05, 4.69) is 23.5 Å². The molecule has 14 heavy (non-hydrogen) atoms. The van der Waals surface area contributed by atoms with Crippen molar-refractivity contribution in [3.05, 3.63) is 22.3 Å². The fraction of sp³-hybridized carbons (Fsp3) is 0.667. The van der Waals surface area contributed by atoms with Crippen molar-refractivity contribution in [3.63, 3.8) is 0 Å². The first-order valence-corrected chi connectivity index (χ1v) is 7.88. The lowest BCUT2D eigenvalue weighted by molar-refractivity contribution is 0.885. The minimum atomic E-state index is 1.36. The summed E-state index contributed by atoms with van der Waals surface area (Å²) in [5, 5.41) is 0. The molecule has 0 saturated heterocycles. The summed E-state index contributed by atoms with van der Waals surface area (Å²) >= 11 is 4.28. The first kappa shape index (κ1) is 9.41. The van der Waals surface area contributed by atoms with Gasteiger partial charge in [-0.1, -0.05) is 0 Å². The normalized spacial score (nSPS) is 27.4. The Morgan fingerprint density at radius 3 is 1.07 bits per heavy atom. The molecule has 0 aromatic rings. The molecule has 0 N–H and O–H groups in total. The van der Waals surface area contributed by atoms with Crippen LogP contribution < -0.4 is 0 Å². The van der Waals surface area contributed by atoms with Crippen LogP contribution in [0.2, 0.25) is 0 Å². The van der Waals surface area contributed by atoms with Crippen molar-refractivity contribution in [1.82, 2.24) is 0 Å². The van der Waals surface area contributed by atoms with Crippen molar-refractivity contribution in [2.45, 2.75) is 25.7 Å². The maximum Gasteiger partial charge on any atom is -0.00267 e. The van der Waals surface area contributed by atoms with Crippen molar-refractivity contribution in [2.24, 2.45) is 0 Å². The van der Waals surface area contributed by atoms with Crippen LogP contribution in [-0.4, -0.2) is 23.0 Å². The topological polar surface area (TPSA) is 0 Å². The summed E-state index contributed by atoms with van der Waals surface area (Å²) in [6.07, 6.45) is 5.46. The van der Waals surface area contributed by atoms with Crippen molar-refractivity contribution in [3.8, 4) is 0 Å². The second-order valence-electron chi connectivity index (χ2n) is 4.14. The molecule has 2 heteroatoms. The van der Waals surface area contributed by atoms with Crippen molar-refractivity contribution >= 4 is 23.5 Å². The Kier molecular flexibility index (Phi) is 2.67. The van der Waals surface area contributed by atoms with E-state index < -0.39 is 0 Å². The van der Waals surface area contributed by atoms with Crippen LogP contribution >= 0.6 is 23.5 Å². The molecule has 0 amide bonds. The number of thioether (sulfide) groups is 2. The van der Waals surface area contributed by atoms with Gasteiger partial charge in [0.15, 0.2) is 0 Å². The summed E-state index contributed by atoms with van der Waals surface area (Å²) in [5.41, 5.74) is 7.14. The predicted octanol–water partition coefficient (Wildman–Crippen LogP) is 3.65. The van der Waals surface area contributed by atoms with E-state index in [4.69, 9.17) is 0 Å². The average molecular weight is 224 g/mol. The van der Waals surface area contributed by atoms with Gasteiger partial charge in [-0.3, -0.25) is 0 Å². The lowest BCUT2D eigenvalue weighted by Gasteiger charge is -2.29. The molecule has 2 heterocycles. The molecule has 1 aliphatic carbocycles. The van der Waals surface area contributed by atoms with Crippen molar-refractivity contribution in [1.29, 1.82) is 0 Å². The molecular weight excluding hydrogens is 208 g/mol. The molecule has 3 aliphatic rings. The van der Waals surface area contributed by atoms with E-state index in [1.807, 2.05) is 0 Å². The van der Waals surface area contributed by atoms with Gasteiger partial charge >= 0.3 is 0 Å². The van der Waals surface area contributed by atoms with Gasteiger partial charge < -0.3 is 0 Å². The molecule has 0 aromatic carbocycles. The SMILES string of the molecule is C1CC2=C(CCS1)C1=C2CCSCC1. The quantitative estimate of drug-likeness (QED) is 0.616. The predicted molar refractivity (Wildman–Crippen MR) is 67.2 cm³/mol. The molecule has 76 valence electrons. The zero-order chi connectivity index (χ0) is 9.38. The lowest BCUT2D eigenvalue weighted by atomic mass is 9.75. The van der Waals surface area contributed by atoms with E-state index in [1.165, 1.54) is 48.7 Å². The van der Waals surface area contributed by atoms with Crippen LogP contribution in [0.4, 0.5) is 0 Å². The monoisotopic (exact) mass is 224 g/mol. The van der Waals surface area contributed by atoms with E-state index in [0.717, 1.165) is 0 Å². The van der Waals surface area contributed by atoms with E-state index in [-0.39, 0.29) is 0 Å². The molecule has 3 rings (SSSR count). The zero-order valence-electron chi connectivity index (χ0n) is 8.47. The summed E-state index contributed by atoms with van der Waals surface area (Å²) in [6.45, 7) is 0. The van der Waals surface area contributed by atoms with Crippen LogP contribution in [0.25, 0.3) is 0 Å². The maximum absolute atomic E-state index is 2.14. The Labute approximate surface area is 94.6 Å². The number of fused-ring (bicyclic) bond motifs is 2. The first-order chi connectivity index (χ1) is 6.97. The minimum absolute atomic E-state index is 1.36. The van der Waals surface area contributed by atoms with Crippen LogP contribution in [0.5, 0.6) is 0 Å². The highest BCUT2D eigenvalue weighted by atomic mass is 32.2. The van der Waals surface area contributed by atoms with Crippen LogP contribution in [0, 0.1) is 0 Å². The molecule has 0 fully saturated rings. The standard InChI is InChI=1S/C12H16S2/c1-5-13-6-2-10-9(1)11-3-7-14-8-4-12(10)11/h1-8H2. The fourth-order valence-electron chi connectivity index (χ4n) is 2.77. The average Bonchev–Trinajstić information content (AvgIpc) is 2.49. The van der Waals surface area contributed by atoms with Crippen LogP contribution in [-0.2, 0) is 0 Å². The van der Waals surface area contributed by atoms with E-state index in [0.29, 0.717) is 0 Å². The Hall–Kier alpha value is 0.180. The third kappa shape index (κ3) is 1.47. The summed E-state index contributed by atoms with van der Waals surface area (Å²) < 4.78 is 0. The number of allylic oxidation sites excluding steroid dienone is 4. The molecule has 2 aliphatic heterocycles. The highest BCUT2D eigenvalue weighted by molar-refractivity contribution is 7.99. The maximum atomic E-state index is 2.14. The van der Waals surface area contributed by atoms with Gasteiger partial charge in [0.2, 0.25) is 0 Å². The van der Waals surface area contributed by atoms with Crippen LogP contribution in [0.3, 0.4) is 0 Å².